The number of Topliss-reactive ketones (excluding diaryl/α,β-unsaturated/α-hetero) is 1. The molecule has 2 fully saturated rings. The highest BCUT2D eigenvalue weighted by Gasteiger charge is 2.53. The number of aliphatic hydroxyl groups excluding tert-OH is 3. The number of halogens is 1. The number of aliphatic hydroxyl groups is 3. The number of ether oxygens (including phenoxy) is 9. The number of hydrogen-bond donors (Lipinski definition) is 6. The van der Waals surface area contributed by atoms with Crippen molar-refractivity contribution in [1.29, 1.82) is 0 Å². The van der Waals surface area contributed by atoms with Crippen LogP contribution in [0.3, 0.4) is 0 Å². The number of alkyl halides is 1. The summed E-state index contributed by atoms with van der Waals surface area (Å²) in [4.78, 5) is 55.3. The summed E-state index contributed by atoms with van der Waals surface area (Å²) in [7, 11) is 0. The van der Waals surface area contributed by atoms with Gasteiger partial charge in [0, 0.05) is 17.3 Å². The fourth-order valence-electron chi connectivity index (χ4n) is 9.47. The first-order valence-corrected chi connectivity index (χ1v) is 26.1. The zero-order chi connectivity index (χ0) is 55.6. The van der Waals surface area contributed by atoms with Crippen molar-refractivity contribution in [2.24, 2.45) is 22.9 Å². The number of amides is 3. The first-order chi connectivity index (χ1) is 37.7. The number of alkyl carbamates (subject to hydrolysis) is 3. The van der Waals surface area contributed by atoms with Gasteiger partial charge in [-0.3, -0.25) is 4.79 Å². The van der Waals surface area contributed by atoms with E-state index >= 15 is 4.39 Å². The largest absolute Gasteiger partial charge is 0.445 e. The molecule has 0 radical (unpaired) electrons. The molecular weight excluding hydrogens is 1020 g/mol. The summed E-state index contributed by atoms with van der Waals surface area (Å²) in [6.45, 7) is 3.57. The highest BCUT2D eigenvalue weighted by Crippen LogP contribution is 2.40. The average Bonchev–Trinajstić information content (AvgIpc) is 3.85. The van der Waals surface area contributed by atoms with Gasteiger partial charge in [0.05, 0.1) is 44.1 Å². The summed E-state index contributed by atoms with van der Waals surface area (Å²) >= 11 is 0. The van der Waals surface area contributed by atoms with Gasteiger partial charge in [0.2, 0.25) is 0 Å². The van der Waals surface area contributed by atoms with Crippen molar-refractivity contribution in [2.45, 2.75) is 146 Å². The molecule has 1 saturated heterocycles. The standard InChI is InChI=1S/C55H69FN6O16/c1-4-38-20-22-41(60-54(68)71-30-35-16-10-6-11-17-35)50(73-38)76-47-32(2)24-37(25-43(64)33(3)40(56)27-59-62-57)45(65)49(47)78-52-46(66)48(44(28-63)75-52)77-51-42(61-55(69)72-31-36-18-12-7-13-19-36)23-21-39(74-51)26-58-53(67)70-29-34-14-8-5-9-15-34/h5-23,32-33,37-42,44-52,63,65-66H,4,24-31H2,1-3H3,(H,58,67)(H,60,68)(H,61,69)/t32-,33+,37-,38+,39+,40-,41+,42+,44+,45-,46+,47+,48+,49+,50+,51+,52-/m0/s1. The van der Waals surface area contributed by atoms with Crippen LogP contribution in [0.15, 0.2) is 120 Å². The van der Waals surface area contributed by atoms with Crippen LogP contribution < -0.4 is 16.0 Å². The van der Waals surface area contributed by atoms with Crippen molar-refractivity contribution >= 4 is 24.1 Å². The normalized spacial score (nSPS) is 30.2. The number of benzene rings is 3. The van der Waals surface area contributed by atoms with Crippen molar-refractivity contribution in [3.8, 4) is 0 Å². The Hall–Kier alpha value is -6.50. The predicted molar refractivity (Wildman–Crippen MR) is 275 cm³/mol. The molecule has 3 aromatic carbocycles. The molecule has 422 valence electrons. The van der Waals surface area contributed by atoms with E-state index in [9.17, 15) is 34.5 Å². The van der Waals surface area contributed by atoms with E-state index < -0.39 is 141 Å². The van der Waals surface area contributed by atoms with E-state index in [2.05, 4.69) is 26.0 Å². The van der Waals surface area contributed by atoms with Gasteiger partial charge in [0.15, 0.2) is 18.9 Å². The molecule has 0 spiro atoms. The summed E-state index contributed by atoms with van der Waals surface area (Å²) in [6, 6.07) is 25.1. The van der Waals surface area contributed by atoms with Crippen LogP contribution in [0.4, 0.5) is 18.8 Å². The number of nitrogens with zero attached hydrogens (tertiary/aromatic N) is 3. The highest BCUT2D eigenvalue weighted by molar-refractivity contribution is 5.81. The van der Waals surface area contributed by atoms with Crippen LogP contribution in [0.25, 0.3) is 10.4 Å². The SMILES string of the molecule is CC[C@@H]1C=C[C@@H](NC(=O)OCc2ccccc2)[C@@H](O[C@H]2[C@H](O[C@@H]3O[C@H](CO)[C@@H](O[C@H]4O[C@@H](CNC(=O)OCc5ccccc5)C=C[C@H]4NC(=O)OCc4ccccc4)[C@H]3O)[C@@H](O)[C@H](CC(=O)[C@H](C)[C@@H](F)CN=[N+]=[N-])C[C@@H]2C)O1. The molecule has 6 N–H and O–H groups in total. The molecule has 3 aromatic rings. The van der Waals surface area contributed by atoms with Crippen LogP contribution in [0.5, 0.6) is 0 Å². The van der Waals surface area contributed by atoms with Crippen LogP contribution >= 0.6 is 0 Å². The fourth-order valence-corrected chi connectivity index (χ4v) is 9.47. The number of hydrogen-bond acceptors (Lipinski definition) is 17. The van der Waals surface area contributed by atoms with Crippen LogP contribution in [0, 0.1) is 17.8 Å². The molecule has 17 atom stereocenters. The molecule has 0 bridgehead atoms. The second-order valence-corrected chi connectivity index (χ2v) is 19.5. The smallest absolute Gasteiger partial charge is 0.408 e. The first kappa shape index (κ1) is 59.2. The van der Waals surface area contributed by atoms with Crippen molar-refractivity contribution in [3.05, 3.63) is 142 Å². The average molecular weight is 1090 g/mol. The Balaban J connectivity index is 1.09. The van der Waals surface area contributed by atoms with Crippen LogP contribution in [-0.2, 0) is 67.2 Å². The van der Waals surface area contributed by atoms with Crippen molar-refractivity contribution < 1.29 is 81.5 Å². The number of azide groups is 1. The Bertz CT molecular complexity index is 2500. The summed E-state index contributed by atoms with van der Waals surface area (Å²) in [5, 5.41) is 46.5. The van der Waals surface area contributed by atoms with Gasteiger partial charge in [-0.2, -0.15) is 0 Å². The van der Waals surface area contributed by atoms with Gasteiger partial charge in [-0.05, 0) is 46.9 Å². The van der Waals surface area contributed by atoms with Gasteiger partial charge < -0.3 is 73.9 Å². The van der Waals surface area contributed by atoms with E-state index in [0.717, 1.165) is 16.7 Å². The van der Waals surface area contributed by atoms with Crippen molar-refractivity contribution in [1.82, 2.24) is 16.0 Å². The van der Waals surface area contributed by atoms with Crippen LogP contribution in [0.1, 0.15) is 56.7 Å². The van der Waals surface area contributed by atoms with Crippen molar-refractivity contribution in [2.75, 3.05) is 19.7 Å². The second-order valence-electron chi connectivity index (χ2n) is 19.5. The predicted octanol–water partition coefficient (Wildman–Crippen LogP) is 5.97. The lowest BCUT2D eigenvalue weighted by Crippen LogP contribution is -2.58. The third-order valence-corrected chi connectivity index (χ3v) is 13.9. The quantitative estimate of drug-likeness (QED) is 0.0198. The monoisotopic (exact) mass is 1090 g/mol. The summed E-state index contributed by atoms with van der Waals surface area (Å²) in [5.74, 6) is -3.15. The molecule has 0 aromatic heterocycles. The Morgan fingerprint density at radius 3 is 1.73 bits per heavy atom. The van der Waals surface area contributed by atoms with Gasteiger partial charge in [0.25, 0.3) is 0 Å². The third kappa shape index (κ3) is 16.8. The number of carbonyl (C=O) groups excluding carboxylic acids is 4. The molecule has 1 aliphatic carbocycles. The molecule has 3 amide bonds. The lowest BCUT2D eigenvalue weighted by atomic mass is 9.73. The molecule has 23 heteroatoms. The minimum Gasteiger partial charge on any atom is -0.445 e. The van der Waals surface area contributed by atoms with E-state index in [1.54, 1.807) is 79.8 Å². The molecule has 0 unspecified atom stereocenters. The second kappa shape index (κ2) is 29.5. The van der Waals surface area contributed by atoms with Gasteiger partial charge in [-0.25, -0.2) is 18.8 Å². The Morgan fingerprint density at radius 1 is 0.705 bits per heavy atom. The molecule has 1 saturated carbocycles. The van der Waals surface area contributed by atoms with Gasteiger partial charge in [-0.1, -0.05) is 141 Å². The number of rotatable bonds is 24. The topological polar surface area (TPSA) is 297 Å². The zero-order valence-electron chi connectivity index (χ0n) is 43.5. The first-order valence-electron chi connectivity index (χ1n) is 26.1. The minimum atomic E-state index is -1.79. The van der Waals surface area contributed by atoms with Gasteiger partial charge >= 0.3 is 18.3 Å². The van der Waals surface area contributed by atoms with Gasteiger partial charge in [0.1, 0.15) is 68.3 Å². The molecular formula is C55H69FN6O16. The Labute approximate surface area is 451 Å². The molecule has 3 aliphatic heterocycles. The van der Waals surface area contributed by atoms with E-state index in [4.69, 9.17) is 48.2 Å². The lowest BCUT2D eigenvalue weighted by Gasteiger charge is -2.46. The van der Waals surface area contributed by atoms with Crippen LogP contribution in [-0.4, -0.2) is 145 Å². The Morgan fingerprint density at radius 2 is 1.21 bits per heavy atom. The summed E-state index contributed by atoms with van der Waals surface area (Å²) < 4.78 is 69.7. The molecule has 3 heterocycles. The molecule has 22 nitrogen and oxygen atoms in total. The molecule has 7 rings (SSSR count). The van der Waals surface area contributed by atoms with E-state index in [0.29, 0.717) is 6.42 Å². The Kier molecular flexibility index (Phi) is 22.4. The van der Waals surface area contributed by atoms with E-state index in [-0.39, 0.29) is 39.2 Å². The number of carbonyl (C=O) groups is 4. The zero-order valence-corrected chi connectivity index (χ0v) is 43.5. The molecule has 78 heavy (non-hydrogen) atoms. The fraction of sp³-hybridized carbons (Fsp3) is 0.527. The summed E-state index contributed by atoms with van der Waals surface area (Å²) in [5.41, 5.74) is 11.0. The number of ketones is 1. The van der Waals surface area contributed by atoms with E-state index in [1.807, 2.05) is 49.4 Å². The maximum atomic E-state index is 15.0. The van der Waals surface area contributed by atoms with Gasteiger partial charge in [-0.15, -0.1) is 0 Å². The van der Waals surface area contributed by atoms with E-state index in [1.165, 1.54) is 6.92 Å². The summed E-state index contributed by atoms with van der Waals surface area (Å²) in [6.07, 6.45) is -11.3. The highest BCUT2D eigenvalue weighted by atomic mass is 19.1. The number of nitrogens with one attached hydrogen (secondary N) is 3. The van der Waals surface area contributed by atoms with Crippen LogP contribution in [0.2, 0.25) is 0 Å². The maximum absolute atomic E-state index is 15.0. The lowest BCUT2D eigenvalue weighted by molar-refractivity contribution is -0.291. The third-order valence-electron chi connectivity index (χ3n) is 13.9. The van der Waals surface area contributed by atoms with Crippen molar-refractivity contribution in [3.63, 3.8) is 0 Å². The minimum absolute atomic E-state index is 0.0122. The maximum Gasteiger partial charge on any atom is 0.408 e. The molecule has 4 aliphatic rings.